The van der Waals surface area contributed by atoms with E-state index in [-0.39, 0.29) is 35.6 Å². The Hall–Kier alpha value is -2.67. The van der Waals surface area contributed by atoms with Crippen molar-refractivity contribution >= 4 is 28.5 Å². The molecule has 0 radical (unpaired) electrons. The van der Waals surface area contributed by atoms with Crippen molar-refractivity contribution < 1.29 is 14.4 Å². The van der Waals surface area contributed by atoms with Crippen LogP contribution in [0.15, 0.2) is 18.2 Å². The number of Topliss-reactive ketones (excluding diaryl/α,β-unsaturated/α-hetero) is 1. The SMILES string of the molecule is CN[C@@H](C)C(=O)N[C@H](C(=O)N1CCC[C@H]1Cn1c(C)c(C(C)=O)c2cc(C)ccc21)C1CCCCC1. The average Bonchev–Trinajstić information content (AvgIpc) is 3.44. The molecule has 3 atom stereocenters. The molecule has 0 bridgehead atoms. The van der Waals surface area contributed by atoms with E-state index in [9.17, 15) is 14.4 Å². The molecular weight excluding hydrogens is 452 g/mol. The van der Waals surface area contributed by atoms with Gasteiger partial charge in [-0.2, -0.15) is 0 Å². The monoisotopic (exact) mass is 494 g/mol. The summed E-state index contributed by atoms with van der Waals surface area (Å²) in [5.74, 6) is 0.186. The first-order chi connectivity index (χ1) is 17.2. The normalized spacial score (nSPS) is 20.5. The Morgan fingerprint density at radius 2 is 1.78 bits per heavy atom. The number of benzene rings is 1. The Kier molecular flexibility index (Phi) is 8.18. The maximum Gasteiger partial charge on any atom is 0.245 e. The van der Waals surface area contributed by atoms with E-state index in [1.807, 2.05) is 25.7 Å². The summed E-state index contributed by atoms with van der Waals surface area (Å²) in [4.78, 5) is 41.4. The highest BCUT2D eigenvalue weighted by Crippen LogP contribution is 2.32. The molecule has 1 aliphatic carbocycles. The fourth-order valence-electron chi connectivity index (χ4n) is 6.24. The minimum atomic E-state index is -0.480. The summed E-state index contributed by atoms with van der Waals surface area (Å²) in [7, 11) is 1.76. The molecule has 36 heavy (non-hydrogen) atoms. The smallest absolute Gasteiger partial charge is 0.245 e. The van der Waals surface area contributed by atoms with Gasteiger partial charge in [0, 0.05) is 41.3 Å². The number of nitrogens with one attached hydrogen (secondary N) is 2. The van der Waals surface area contributed by atoms with Crippen LogP contribution in [0.2, 0.25) is 0 Å². The van der Waals surface area contributed by atoms with E-state index in [0.29, 0.717) is 13.1 Å². The Morgan fingerprint density at radius 1 is 1.06 bits per heavy atom. The van der Waals surface area contributed by atoms with Gasteiger partial charge in [-0.05, 0) is 78.5 Å². The number of hydrogen-bond donors (Lipinski definition) is 2. The standard InChI is InChI=1S/C29H42N4O3/c1-18-13-14-25-24(16-18)26(21(4)34)20(3)33(25)17-23-12-9-15-32(23)29(36)27(22-10-7-6-8-11-22)31-28(35)19(2)30-5/h13-14,16,19,22-23,27,30H,6-12,15,17H2,1-5H3,(H,31,35)/t19-,23-,27-/m0/s1. The number of carbonyl (C=O) groups excluding carboxylic acids is 3. The quantitative estimate of drug-likeness (QED) is 0.541. The van der Waals surface area contributed by atoms with Crippen LogP contribution in [0.5, 0.6) is 0 Å². The summed E-state index contributed by atoms with van der Waals surface area (Å²) in [6, 6.07) is 5.47. The molecule has 2 fully saturated rings. The van der Waals surface area contributed by atoms with Crippen molar-refractivity contribution in [2.45, 2.75) is 97.3 Å². The second kappa shape index (κ2) is 11.2. The number of amides is 2. The number of rotatable bonds is 8. The number of carbonyl (C=O) groups is 3. The molecule has 1 saturated carbocycles. The van der Waals surface area contributed by atoms with Crippen molar-refractivity contribution in [2.75, 3.05) is 13.6 Å². The fourth-order valence-corrected chi connectivity index (χ4v) is 6.24. The van der Waals surface area contributed by atoms with E-state index in [0.717, 1.165) is 66.2 Å². The maximum absolute atomic E-state index is 14.0. The number of hydrogen-bond acceptors (Lipinski definition) is 4. The second-order valence-corrected chi connectivity index (χ2v) is 10.9. The van der Waals surface area contributed by atoms with Gasteiger partial charge in [-0.3, -0.25) is 14.4 Å². The topological polar surface area (TPSA) is 83.4 Å². The van der Waals surface area contributed by atoms with E-state index < -0.39 is 6.04 Å². The van der Waals surface area contributed by atoms with E-state index in [2.05, 4.69) is 33.4 Å². The van der Waals surface area contributed by atoms with Crippen molar-refractivity contribution in [2.24, 2.45) is 5.92 Å². The molecule has 2 aromatic rings. The minimum Gasteiger partial charge on any atom is -0.343 e. The van der Waals surface area contributed by atoms with Crippen LogP contribution in [0.3, 0.4) is 0 Å². The molecule has 1 aromatic heterocycles. The largest absolute Gasteiger partial charge is 0.343 e. The first-order valence-corrected chi connectivity index (χ1v) is 13.6. The molecule has 7 nitrogen and oxygen atoms in total. The highest BCUT2D eigenvalue weighted by atomic mass is 16.2. The van der Waals surface area contributed by atoms with Gasteiger partial charge in [-0.1, -0.05) is 30.9 Å². The van der Waals surface area contributed by atoms with E-state index >= 15 is 0 Å². The number of likely N-dealkylation sites (N-methyl/N-ethyl adjacent to an activating group) is 1. The van der Waals surface area contributed by atoms with Crippen LogP contribution in [0.4, 0.5) is 0 Å². The summed E-state index contributed by atoms with van der Waals surface area (Å²) in [6.45, 7) is 8.87. The molecule has 0 unspecified atom stereocenters. The van der Waals surface area contributed by atoms with Gasteiger partial charge < -0.3 is 20.1 Å². The van der Waals surface area contributed by atoms with E-state index in [1.165, 1.54) is 6.42 Å². The lowest BCUT2D eigenvalue weighted by atomic mass is 9.83. The van der Waals surface area contributed by atoms with Crippen LogP contribution in [0.25, 0.3) is 10.9 Å². The minimum absolute atomic E-state index is 0.0395. The molecule has 1 aliphatic heterocycles. The average molecular weight is 495 g/mol. The van der Waals surface area contributed by atoms with Gasteiger partial charge in [-0.15, -0.1) is 0 Å². The summed E-state index contributed by atoms with van der Waals surface area (Å²) < 4.78 is 2.22. The van der Waals surface area contributed by atoms with Crippen LogP contribution in [-0.4, -0.2) is 58.8 Å². The second-order valence-electron chi connectivity index (χ2n) is 10.9. The number of fused-ring (bicyclic) bond motifs is 1. The van der Waals surface area contributed by atoms with Crippen LogP contribution in [-0.2, 0) is 16.1 Å². The van der Waals surface area contributed by atoms with Gasteiger partial charge in [0.15, 0.2) is 5.78 Å². The first-order valence-electron chi connectivity index (χ1n) is 13.6. The number of ketones is 1. The number of likely N-dealkylation sites (tertiary alicyclic amines) is 1. The Labute approximate surface area is 215 Å². The van der Waals surface area contributed by atoms with Gasteiger partial charge in [0.2, 0.25) is 11.8 Å². The Bertz CT molecular complexity index is 1130. The van der Waals surface area contributed by atoms with Crippen LogP contribution >= 0.6 is 0 Å². The number of aryl methyl sites for hydroxylation is 1. The molecule has 0 spiro atoms. The molecule has 196 valence electrons. The Morgan fingerprint density at radius 3 is 2.44 bits per heavy atom. The van der Waals surface area contributed by atoms with Crippen molar-refractivity contribution in [3.63, 3.8) is 0 Å². The van der Waals surface area contributed by atoms with Crippen LogP contribution in [0.1, 0.15) is 80.4 Å². The zero-order chi connectivity index (χ0) is 26.0. The van der Waals surface area contributed by atoms with Gasteiger partial charge >= 0.3 is 0 Å². The lowest BCUT2D eigenvalue weighted by Gasteiger charge is -2.35. The molecule has 4 rings (SSSR count). The number of aromatic nitrogens is 1. The predicted molar refractivity (Wildman–Crippen MR) is 143 cm³/mol. The third-order valence-corrected chi connectivity index (χ3v) is 8.40. The summed E-state index contributed by atoms with van der Waals surface area (Å²) in [5.41, 5.74) is 3.91. The highest BCUT2D eigenvalue weighted by Gasteiger charge is 2.39. The number of nitrogens with zero attached hydrogens (tertiary/aromatic N) is 2. The maximum atomic E-state index is 14.0. The fraction of sp³-hybridized carbons (Fsp3) is 0.621. The Balaban J connectivity index is 1.62. The highest BCUT2D eigenvalue weighted by molar-refractivity contribution is 6.08. The van der Waals surface area contributed by atoms with Crippen molar-refractivity contribution in [3.05, 3.63) is 35.0 Å². The van der Waals surface area contributed by atoms with E-state index in [4.69, 9.17) is 0 Å². The third kappa shape index (κ3) is 5.22. The molecule has 1 saturated heterocycles. The first kappa shape index (κ1) is 26.4. The molecule has 2 heterocycles. The van der Waals surface area contributed by atoms with Gasteiger partial charge in [0.05, 0.1) is 6.04 Å². The summed E-state index contributed by atoms with van der Waals surface area (Å²) >= 11 is 0. The van der Waals surface area contributed by atoms with Crippen LogP contribution in [0, 0.1) is 19.8 Å². The van der Waals surface area contributed by atoms with Crippen LogP contribution < -0.4 is 10.6 Å². The van der Waals surface area contributed by atoms with E-state index in [1.54, 1.807) is 14.0 Å². The molecule has 2 N–H and O–H groups in total. The lowest BCUT2D eigenvalue weighted by molar-refractivity contribution is -0.139. The third-order valence-electron chi connectivity index (χ3n) is 8.40. The zero-order valence-corrected chi connectivity index (χ0v) is 22.5. The lowest BCUT2D eigenvalue weighted by Crippen LogP contribution is -2.56. The predicted octanol–water partition coefficient (Wildman–Crippen LogP) is 4.12. The molecule has 7 heteroatoms. The summed E-state index contributed by atoms with van der Waals surface area (Å²) in [5, 5.41) is 7.10. The van der Waals surface area contributed by atoms with Crippen molar-refractivity contribution in [3.8, 4) is 0 Å². The van der Waals surface area contributed by atoms with Crippen molar-refractivity contribution in [1.82, 2.24) is 20.1 Å². The molecule has 2 amide bonds. The summed E-state index contributed by atoms with van der Waals surface area (Å²) in [6.07, 6.45) is 7.24. The molecular formula is C29H42N4O3. The van der Waals surface area contributed by atoms with Crippen molar-refractivity contribution in [1.29, 1.82) is 0 Å². The van der Waals surface area contributed by atoms with Gasteiger partial charge in [0.25, 0.3) is 0 Å². The molecule has 2 aliphatic rings. The molecule has 1 aromatic carbocycles. The van der Waals surface area contributed by atoms with Gasteiger partial charge in [-0.25, -0.2) is 0 Å². The zero-order valence-electron chi connectivity index (χ0n) is 22.5. The van der Waals surface area contributed by atoms with Gasteiger partial charge in [0.1, 0.15) is 6.04 Å².